The Morgan fingerprint density at radius 1 is 1.29 bits per heavy atom. The Hall–Kier alpha value is -2.33. The standard InChI is InChI=1S/C16H15ClN2O2/c1-21-15-4-2-3-13(9-15)11-18-19-16(20)10-12-5-7-14(17)8-6-12/h2-9,11H,10H2,1H3,(H,19,20). The Kier molecular flexibility index (Phi) is 5.35. The first-order valence-electron chi connectivity index (χ1n) is 6.38. The van der Waals surface area contributed by atoms with Gasteiger partial charge < -0.3 is 4.74 Å². The molecule has 1 amide bonds. The third kappa shape index (κ3) is 4.93. The molecule has 0 bridgehead atoms. The molecule has 0 heterocycles. The van der Waals surface area contributed by atoms with Gasteiger partial charge in [-0.1, -0.05) is 35.9 Å². The van der Waals surface area contributed by atoms with Crippen molar-refractivity contribution < 1.29 is 9.53 Å². The first kappa shape index (κ1) is 15.1. The maximum Gasteiger partial charge on any atom is 0.244 e. The number of hydrogen-bond donors (Lipinski definition) is 1. The van der Waals surface area contributed by atoms with Crippen LogP contribution >= 0.6 is 11.6 Å². The summed E-state index contributed by atoms with van der Waals surface area (Å²) < 4.78 is 5.11. The van der Waals surface area contributed by atoms with Gasteiger partial charge in [0.05, 0.1) is 19.7 Å². The molecule has 0 aliphatic carbocycles. The zero-order valence-electron chi connectivity index (χ0n) is 11.5. The lowest BCUT2D eigenvalue weighted by atomic mass is 10.1. The molecule has 0 saturated heterocycles. The van der Waals surface area contributed by atoms with Crippen molar-refractivity contribution in [2.75, 3.05) is 7.11 Å². The number of nitrogens with zero attached hydrogens (tertiary/aromatic N) is 1. The Morgan fingerprint density at radius 3 is 2.76 bits per heavy atom. The van der Waals surface area contributed by atoms with Crippen LogP contribution in [0.4, 0.5) is 0 Å². The minimum absolute atomic E-state index is 0.184. The fourth-order valence-electron chi connectivity index (χ4n) is 1.73. The van der Waals surface area contributed by atoms with E-state index in [1.54, 1.807) is 25.5 Å². The van der Waals surface area contributed by atoms with E-state index in [-0.39, 0.29) is 12.3 Å². The van der Waals surface area contributed by atoms with Crippen molar-refractivity contribution in [2.24, 2.45) is 5.10 Å². The number of rotatable bonds is 5. The van der Waals surface area contributed by atoms with Crippen LogP contribution in [0.15, 0.2) is 53.6 Å². The number of hydrogen-bond acceptors (Lipinski definition) is 3. The average molecular weight is 303 g/mol. The van der Waals surface area contributed by atoms with Crippen LogP contribution < -0.4 is 10.2 Å². The number of ether oxygens (including phenoxy) is 1. The van der Waals surface area contributed by atoms with Crippen molar-refractivity contribution in [3.63, 3.8) is 0 Å². The van der Waals surface area contributed by atoms with E-state index in [0.717, 1.165) is 16.9 Å². The lowest BCUT2D eigenvalue weighted by molar-refractivity contribution is -0.120. The van der Waals surface area contributed by atoms with Gasteiger partial charge in [0, 0.05) is 5.02 Å². The van der Waals surface area contributed by atoms with Crippen molar-refractivity contribution >= 4 is 23.7 Å². The molecular weight excluding hydrogens is 288 g/mol. The van der Waals surface area contributed by atoms with Gasteiger partial charge in [0.25, 0.3) is 0 Å². The Labute approximate surface area is 128 Å². The topological polar surface area (TPSA) is 50.7 Å². The van der Waals surface area contributed by atoms with E-state index < -0.39 is 0 Å². The SMILES string of the molecule is COc1cccc(C=NNC(=O)Cc2ccc(Cl)cc2)c1. The van der Waals surface area contributed by atoms with Crippen LogP contribution in [0.3, 0.4) is 0 Å². The summed E-state index contributed by atoms with van der Waals surface area (Å²) in [6.45, 7) is 0. The van der Waals surface area contributed by atoms with Gasteiger partial charge in [-0.3, -0.25) is 4.79 Å². The summed E-state index contributed by atoms with van der Waals surface area (Å²) in [5, 5.41) is 4.57. The molecule has 2 rings (SSSR count). The lowest BCUT2D eigenvalue weighted by Gasteiger charge is -2.01. The number of carbonyl (C=O) groups is 1. The highest BCUT2D eigenvalue weighted by atomic mass is 35.5. The number of methoxy groups -OCH3 is 1. The summed E-state index contributed by atoms with van der Waals surface area (Å²) in [5.74, 6) is 0.558. The fraction of sp³-hybridized carbons (Fsp3) is 0.125. The van der Waals surface area contributed by atoms with Crippen LogP contribution in [-0.2, 0) is 11.2 Å². The van der Waals surface area contributed by atoms with Gasteiger partial charge in [0.1, 0.15) is 5.75 Å². The number of amides is 1. The molecule has 0 aromatic heterocycles. The number of halogens is 1. The maximum atomic E-state index is 11.7. The van der Waals surface area contributed by atoms with E-state index in [1.807, 2.05) is 36.4 Å². The molecule has 5 heteroatoms. The second-order valence-electron chi connectivity index (χ2n) is 4.37. The van der Waals surface area contributed by atoms with Gasteiger partial charge >= 0.3 is 0 Å². The summed E-state index contributed by atoms with van der Waals surface area (Å²) in [6.07, 6.45) is 1.83. The molecule has 0 spiro atoms. The van der Waals surface area contributed by atoms with Gasteiger partial charge in [-0.25, -0.2) is 5.43 Å². The highest BCUT2D eigenvalue weighted by Crippen LogP contribution is 2.11. The fourth-order valence-corrected chi connectivity index (χ4v) is 1.85. The highest BCUT2D eigenvalue weighted by molar-refractivity contribution is 6.30. The van der Waals surface area contributed by atoms with E-state index in [1.165, 1.54) is 0 Å². The van der Waals surface area contributed by atoms with Crippen LogP contribution in [0.25, 0.3) is 0 Å². The molecular formula is C16H15ClN2O2. The first-order valence-corrected chi connectivity index (χ1v) is 6.75. The second-order valence-corrected chi connectivity index (χ2v) is 4.81. The van der Waals surface area contributed by atoms with Crippen molar-refractivity contribution in [1.82, 2.24) is 5.43 Å². The van der Waals surface area contributed by atoms with E-state index >= 15 is 0 Å². The van der Waals surface area contributed by atoms with E-state index in [4.69, 9.17) is 16.3 Å². The normalized spacial score (nSPS) is 10.6. The molecule has 2 aromatic carbocycles. The van der Waals surface area contributed by atoms with Gasteiger partial charge in [-0.15, -0.1) is 0 Å². The predicted molar refractivity (Wildman–Crippen MR) is 83.9 cm³/mol. The molecule has 21 heavy (non-hydrogen) atoms. The Bertz CT molecular complexity index is 639. The van der Waals surface area contributed by atoms with Crippen LogP contribution in [0.2, 0.25) is 5.02 Å². The summed E-state index contributed by atoms with van der Waals surface area (Å²) in [7, 11) is 1.60. The number of benzene rings is 2. The number of hydrazone groups is 1. The van der Waals surface area contributed by atoms with Gasteiger partial charge in [-0.2, -0.15) is 5.10 Å². The lowest BCUT2D eigenvalue weighted by Crippen LogP contribution is -2.19. The monoisotopic (exact) mass is 302 g/mol. The van der Waals surface area contributed by atoms with Gasteiger partial charge in [-0.05, 0) is 35.4 Å². The summed E-state index contributed by atoms with van der Waals surface area (Å²) in [5.41, 5.74) is 4.22. The minimum atomic E-state index is -0.184. The van der Waals surface area contributed by atoms with Crippen molar-refractivity contribution in [3.8, 4) is 5.75 Å². The molecule has 1 N–H and O–H groups in total. The molecule has 0 unspecified atom stereocenters. The van der Waals surface area contributed by atoms with Crippen molar-refractivity contribution in [1.29, 1.82) is 0 Å². The first-order chi connectivity index (χ1) is 10.2. The molecule has 0 radical (unpaired) electrons. The summed E-state index contributed by atoms with van der Waals surface area (Å²) >= 11 is 5.79. The Balaban J connectivity index is 1.88. The van der Waals surface area contributed by atoms with Crippen LogP contribution in [0, 0.1) is 0 Å². The van der Waals surface area contributed by atoms with Gasteiger partial charge in [0.2, 0.25) is 5.91 Å². The molecule has 108 valence electrons. The van der Waals surface area contributed by atoms with E-state index in [2.05, 4.69) is 10.5 Å². The largest absolute Gasteiger partial charge is 0.497 e. The summed E-state index contributed by atoms with van der Waals surface area (Å²) in [6, 6.07) is 14.5. The third-order valence-electron chi connectivity index (χ3n) is 2.77. The van der Waals surface area contributed by atoms with Crippen LogP contribution in [-0.4, -0.2) is 19.2 Å². The molecule has 0 atom stereocenters. The molecule has 0 aliphatic rings. The van der Waals surface area contributed by atoms with Crippen LogP contribution in [0.1, 0.15) is 11.1 Å². The predicted octanol–water partition coefficient (Wildman–Crippen LogP) is 3.04. The van der Waals surface area contributed by atoms with Crippen molar-refractivity contribution in [3.05, 3.63) is 64.7 Å². The van der Waals surface area contributed by atoms with Gasteiger partial charge in [0.15, 0.2) is 0 Å². The maximum absolute atomic E-state index is 11.7. The molecule has 2 aromatic rings. The van der Waals surface area contributed by atoms with Crippen LogP contribution in [0.5, 0.6) is 5.75 Å². The Morgan fingerprint density at radius 2 is 2.05 bits per heavy atom. The zero-order chi connectivity index (χ0) is 15.1. The summed E-state index contributed by atoms with van der Waals surface area (Å²) in [4.78, 5) is 11.7. The molecule has 4 nitrogen and oxygen atoms in total. The van der Waals surface area contributed by atoms with Crippen molar-refractivity contribution in [2.45, 2.75) is 6.42 Å². The average Bonchev–Trinajstić information content (AvgIpc) is 2.50. The molecule has 0 aliphatic heterocycles. The minimum Gasteiger partial charge on any atom is -0.497 e. The quantitative estimate of drug-likeness (QED) is 0.682. The number of nitrogens with one attached hydrogen (secondary N) is 1. The molecule has 0 saturated carbocycles. The number of carbonyl (C=O) groups excluding carboxylic acids is 1. The smallest absolute Gasteiger partial charge is 0.244 e. The second kappa shape index (κ2) is 7.45. The zero-order valence-corrected chi connectivity index (χ0v) is 12.3. The molecule has 0 fully saturated rings. The highest BCUT2D eigenvalue weighted by Gasteiger charge is 2.01. The third-order valence-corrected chi connectivity index (χ3v) is 3.03. The van der Waals surface area contributed by atoms with E-state index in [0.29, 0.717) is 5.02 Å². The van der Waals surface area contributed by atoms with E-state index in [9.17, 15) is 4.79 Å².